The molecule has 20 heavy (non-hydrogen) atoms. The van der Waals surface area contributed by atoms with E-state index in [1.54, 1.807) is 7.11 Å². The average molecular weight is 277 g/mol. The molecule has 0 bridgehead atoms. The van der Waals surface area contributed by atoms with Crippen molar-refractivity contribution in [2.75, 3.05) is 20.3 Å². The summed E-state index contributed by atoms with van der Waals surface area (Å²) in [5.41, 5.74) is 2.89. The van der Waals surface area contributed by atoms with E-state index in [4.69, 9.17) is 4.74 Å². The topological polar surface area (TPSA) is 59.3 Å². The molecule has 5 nitrogen and oxygen atoms in total. The molecule has 0 saturated carbocycles. The molecule has 1 heterocycles. The molecular formula is C15H23N3O2. The van der Waals surface area contributed by atoms with Crippen LogP contribution in [0.1, 0.15) is 24.4 Å². The molecule has 2 rings (SSSR count). The molecule has 0 spiro atoms. The number of aromatic nitrogens is 2. The number of aryl methyl sites for hydroxylation is 2. The van der Waals surface area contributed by atoms with Crippen molar-refractivity contribution in [3.05, 3.63) is 29.6 Å². The number of imidazole rings is 1. The van der Waals surface area contributed by atoms with Crippen molar-refractivity contribution in [3.63, 3.8) is 0 Å². The van der Waals surface area contributed by atoms with E-state index in [0.717, 1.165) is 29.0 Å². The Hall–Kier alpha value is -1.43. The van der Waals surface area contributed by atoms with Crippen LogP contribution in [0.3, 0.4) is 0 Å². The third-order valence-corrected chi connectivity index (χ3v) is 3.72. The van der Waals surface area contributed by atoms with Crippen LogP contribution >= 0.6 is 0 Å². The van der Waals surface area contributed by atoms with Gasteiger partial charge in [0.05, 0.1) is 23.7 Å². The molecule has 110 valence electrons. The summed E-state index contributed by atoms with van der Waals surface area (Å²) in [5.74, 6) is 0.970. The van der Waals surface area contributed by atoms with Gasteiger partial charge in [-0.15, -0.1) is 0 Å². The van der Waals surface area contributed by atoms with E-state index in [-0.39, 0.29) is 6.04 Å². The summed E-state index contributed by atoms with van der Waals surface area (Å²) in [5, 5.41) is 13.6. The van der Waals surface area contributed by atoms with Gasteiger partial charge in [-0.05, 0) is 31.5 Å². The molecule has 0 amide bonds. The van der Waals surface area contributed by atoms with Crippen LogP contribution in [0.5, 0.6) is 0 Å². The normalized spacial score (nSPS) is 14.7. The van der Waals surface area contributed by atoms with Crippen LogP contribution in [-0.4, -0.2) is 41.0 Å². The van der Waals surface area contributed by atoms with Crippen LogP contribution in [0.25, 0.3) is 11.0 Å². The lowest BCUT2D eigenvalue weighted by atomic mass is 10.0. The van der Waals surface area contributed by atoms with Crippen molar-refractivity contribution in [2.24, 2.45) is 7.05 Å². The highest BCUT2D eigenvalue weighted by atomic mass is 16.5. The lowest BCUT2D eigenvalue weighted by Crippen LogP contribution is -2.34. The van der Waals surface area contributed by atoms with Gasteiger partial charge in [0.15, 0.2) is 0 Å². The van der Waals surface area contributed by atoms with Crippen LogP contribution in [0.15, 0.2) is 18.2 Å². The van der Waals surface area contributed by atoms with Gasteiger partial charge in [0.2, 0.25) is 0 Å². The van der Waals surface area contributed by atoms with Crippen LogP contribution in [0.2, 0.25) is 0 Å². The molecule has 0 aliphatic rings. The summed E-state index contributed by atoms with van der Waals surface area (Å²) in [6.07, 6.45) is -0.557. The maximum Gasteiger partial charge on any atom is 0.106 e. The van der Waals surface area contributed by atoms with Gasteiger partial charge < -0.3 is 19.7 Å². The van der Waals surface area contributed by atoms with E-state index in [1.165, 1.54) is 0 Å². The number of aliphatic hydroxyl groups excluding tert-OH is 1. The van der Waals surface area contributed by atoms with Crippen molar-refractivity contribution in [3.8, 4) is 0 Å². The molecule has 2 atom stereocenters. The van der Waals surface area contributed by atoms with E-state index in [1.807, 2.05) is 43.7 Å². The standard InChI is InChI=1S/C15H23N3O2/c1-10(16-7-8-20-4)15(19)12-5-6-14-13(9-12)17-11(2)18(14)3/h5-6,9-10,15-16,19H,7-8H2,1-4H3. The first-order valence-corrected chi connectivity index (χ1v) is 6.88. The monoisotopic (exact) mass is 277 g/mol. The molecule has 0 radical (unpaired) electrons. The molecule has 2 N–H and O–H groups in total. The Labute approximate surface area is 119 Å². The number of nitrogens with one attached hydrogen (secondary N) is 1. The number of rotatable bonds is 6. The zero-order chi connectivity index (χ0) is 14.7. The number of hydrogen-bond acceptors (Lipinski definition) is 4. The molecule has 1 aromatic carbocycles. The van der Waals surface area contributed by atoms with Crippen molar-refractivity contribution in [1.29, 1.82) is 0 Å². The number of ether oxygens (including phenoxy) is 1. The highest BCUT2D eigenvalue weighted by molar-refractivity contribution is 5.76. The largest absolute Gasteiger partial charge is 0.387 e. The summed E-state index contributed by atoms with van der Waals surface area (Å²) in [6.45, 7) is 5.30. The second-order valence-electron chi connectivity index (χ2n) is 5.15. The molecule has 0 saturated heterocycles. The third kappa shape index (κ3) is 3.00. The maximum atomic E-state index is 10.4. The molecular weight excluding hydrogens is 254 g/mol. The first-order valence-electron chi connectivity index (χ1n) is 6.88. The fourth-order valence-electron chi connectivity index (χ4n) is 2.31. The van der Waals surface area contributed by atoms with E-state index in [2.05, 4.69) is 10.3 Å². The zero-order valence-electron chi connectivity index (χ0n) is 12.6. The minimum atomic E-state index is -0.557. The number of benzene rings is 1. The Morgan fingerprint density at radius 3 is 2.90 bits per heavy atom. The summed E-state index contributed by atoms with van der Waals surface area (Å²) >= 11 is 0. The van der Waals surface area contributed by atoms with E-state index >= 15 is 0 Å². The SMILES string of the molecule is COCCNC(C)C(O)c1ccc2c(c1)nc(C)n2C. The summed E-state index contributed by atoms with van der Waals surface area (Å²) < 4.78 is 7.04. The number of fused-ring (bicyclic) bond motifs is 1. The molecule has 0 fully saturated rings. The van der Waals surface area contributed by atoms with E-state index in [0.29, 0.717) is 6.61 Å². The number of aliphatic hydroxyl groups is 1. The van der Waals surface area contributed by atoms with E-state index < -0.39 is 6.10 Å². The van der Waals surface area contributed by atoms with Crippen LogP contribution in [0, 0.1) is 6.92 Å². The predicted molar refractivity (Wildman–Crippen MR) is 79.8 cm³/mol. The minimum Gasteiger partial charge on any atom is -0.387 e. The second kappa shape index (κ2) is 6.35. The molecule has 0 aliphatic heterocycles. The molecule has 5 heteroatoms. The van der Waals surface area contributed by atoms with Crippen molar-refractivity contribution >= 4 is 11.0 Å². The summed E-state index contributed by atoms with van der Waals surface area (Å²) in [7, 11) is 3.66. The molecule has 2 unspecified atom stereocenters. The van der Waals surface area contributed by atoms with Gasteiger partial charge in [-0.3, -0.25) is 0 Å². The Kier molecular flexibility index (Phi) is 4.75. The molecule has 1 aromatic heterocycles. The van der Waals surface area contributed by atoms with Gasteiger partial charge in [0.1, 0.15) is 5.82 Å². The highest BCUT2D eigenvalue weighted by Gasteiger charge is 2.17. The summed E-state index contributed by atoms with van der Waals surface area (Å²) in [4.78, 5) is 4.50. The fraction of sp³-hybridized carbons (Fsp3) is 0.533. The smallest absolute Gasteiger partial charge is 0.106 e. The zero-order valence-corrected chi connectivity index (χ0v) is 12.6. The van der Waals surface area contributed by atoms with Gasteiger partial charge >= 0.3 is 0 Å². The lowest BCUT2D eigenvalue weighted by Gasteiger charge is -2.20. The second-order valence-corrected chi connectivity index (χ2v) is 5.15. The Morgan fingerprint density at radius 1 is 1.45 bits per heavy atom. The van der Waals surface area contributed by atoms with Crippen molar-refractivity contribution in [1.82, 2.24) is 14.9 Å². The van der Waals surface area contributed by atoms with Crippen LogP contribution in [-0.2, 0) is 11.8 Å². The van der Waals surface area contributed by atoms with Gasteiger partial charge in [0.25, 0.3) is 0 Å². The van der Waals surface area contributed by atoms with Crippen LogP contribution in [0.4, 0.5) is 0 Å². The van der Waals surface area contributed by atoms with Gasteiger partial charge in [-0.2, -0.15) is 0 Å². The third-order valence-electron chi connectivity index (χ3n) is 3.72. The average Bonchev–Trinajstić information content (AvgIpc) is 2.73. The number of nitrogens with zero attached hydrogens (tertiary/aromatic N) is 2. The molecule has 0 aliphatic carbocycles. The Bertz CT molecular complexity index is 580. The van der Waals surface area contributed by atoms with Crippen molar-refractivity contribution < 1.29 is 9.84 Å². The number of methoxy groups -OCH3 is 1. The first kappa shape index (κ1) is 15.0. The highest BCUT2D eigenvalue weighted by Crippen LogP contribution is 2.22. The Morgan fingerprint density at radius 2 is 2.20 bits per heavy atom. The maximum absolute atomic E-state index is 10.4. The minimum absolute atomic E-state index is 0.0348. The van der Waals surface area contributed by atoms with Gasteiger partial charge in [-0.25, -0.2) is 4.98 Å². The fourth-order valence-corrected chi connectivity index (χ4v) is 2.31. The van der Waals surface area contributed by atoms with E-state index in [9.17, 15) is 5.11 Å². The first-order chi connectivity index (χ1) is 9.54. The van der Waals surface area contributed by atoms with Gasteiger partial charge in [-0.1, -0.05) is 6.07 Å². The lowest BCUT2D eigenvalue weighted by molar-refractivity contribution is 0.127. The molecule has 2 aromatic rings. The number of hydrogen-bond donors (Lipinski definition) is 2. The quantitative estimate of drug-likeness (QED) is 0.786. The Balaban J connectivity index is 2.15. The van der Waals surface area contributed by atoms with Crippen LogP contribution < -0.4 is 5.32 Å². The van der Waals surface area contributed by atoms with Gasteiger partial charge in [0, 0.05) is 26.7 Å². The predicted octanol–water partition coefficient (Wildman–Crippen LogP) is 1.54. The van der Waals surface area contributed by atoms with Crippen molar-refractivity contribution in [2.45, 2.75) is 26.0 Å². The summed E-state index contributed by atoms with van der Waals surface area (Å²) in [6, 6.07) is 5.90.